The van der Waals surface area contributed by atoms with Crippen LogP contribution < -0.4 is 10.6 Å². The number of hydrogen-bond acceptors (Lipinski definition) is 5. The van der Waals surface area contributed by atoms with Gasteiger partial charge in [0.1, 0.15) is 11.6 Å². The van der Waals surface area contributed by atoms with E-state index in [4.69, 9.17) is 5.73 Å². The van der Waals surface area contributed by atoms with E-state index in [-0.39, 0.29) is 5.41 Å². The molecular formula is C14H23N5. The summed E-state index contributed by atoms with van der Waals surface area (Å²) in [5, 5.41) is 17.7. The zero-order chi connectivity index (χ0) is 14.6. The molecule has 0 unspecified atom stereocenters. The number of aromatic nitrogens is 2. The molecule has 5 nitrogen and oxygen atoms in total. The Labute approximate surface area is 115 Å². The second-order valence-corrected chi connectivity index (χ2v) is 5.60. The van der Waals surface area contributed by atoms with Crippen LogP contribution in [0.2, 0.25) is 0 Å². The Morgan fingerprint density at radius 3 is 2.42 bits per heavy atom. The second kappa shape index (κ2) is 5.98. The van der Waals surface area contributed by atoms with Crippen LogP contribution in [0.5, 0.6) is 0 Å². The molecule has 0 saturated carbocycles. The number of rotatable bonds is 5. The van der Waals surface area contributed by atoms with Crippen LogP contribution in [0, 0.1) is 30.6 Å². The van der Waals surface area contributed by atoms with Crippen molar-refractivity contribution < 1.29 is 0 Å². The van der Waals surface area contributed by atoms with Crippen LogP contribution in [0.25, 0.3) is 0 Å². The molecule has 1 aromatic heterocycles. The predicted molar refractivity (Wildman–Crippen MR) is 76.9 cm³/mol. The van der Waals surface area contributed by atoms with E-state index in [0.29, 0.717) is 17.9 Å². The van der Waals surface area contributed by atoms with Crippen molar-refractivity contribution in [1.29, 1.82) is 5.26 Å². The van der Waals surface area contributed by atoms with Gasteiger partial charge in [0.15, 0.2) is 5.82 Å². The van der Waals surface area contributed by atoms with Crippen molar-refractivity contribution in [3.8, 4) is 6.07 Å². The van der Waals surface area contributed by atoms with Gasteiger partial charge in [0.2, 0.25) is 0 Å². The van der Waals surface area contributed by atoms with E-state index >= 15 is 0 Å². The van der Waals surface area contributed by atoms with Gasteiger partial charge >= 0.3 is 0 Å². The second-order valence-electron chi connectivity index (χ2n) is 5.60. The number of anilines is 1. The summed E-state index contributed by atoms with van der Waals surface area (Å²) < 4.78 is 0. The standard InChI is InChI=1S/C14H23N5/c1-6-19(9-14(4,5)8-16)13-12(7-15)10(2)11(3)17-18-13/h6,8-9,16H2,1-5H3. The quantitative estimate of drug-likeness (QED) is 0.874. The highest BCUT2D eigenvalue weighted by Crippen LogP contribution is 2.24. The monoisotopic (exact) mass is 261 g/mol. The number of nitrogens with zero attached hydrogens (tertiary/aromatic N) is 4. The molecule has 0 aliphatic rings. The summed E-state index contributed by atoms with van der Waals surface area (Å²) in [4.78, 5) is 2.07. The maximum atomic E-state index is 9.35. The molecule has 0 amide bonds. The Kier molecular flexibility index (Phi) is 4.84. The van der Waals surface area contributed by atoms with E-state index in [1.54, 1.807) is 0 Å². The first-order valence-electron chi connectivity index (χ1n) is 6.55. The van der Waals surface area contributed by atoms with E-state index in [1.807, 2.05) is 20.8 Å². The third-order valence-electron chi connectivity index (χ3n) is 3.40. The van der Waals surface area contributed by atoms with Gasteiger partial charge in [-0.2, -0.15) is 10.4 Å². The molecule has 0 aliphatic heterocycles. The van der Waals surface area contributed by atoms with Gasteiger partial charge < -0.3 is 10.6 Å². The van der Waals surface area contributed by atoms with Crippen LogP contribution in [-0.4, -0.2) is 29.8 Å². The van der Waals surface area contributed by atoms with E-state index in [2.05, 4.69) is 35.0 Å². The molecule has 0 saturated heterocycles. The molecule has 0 aromatic carbocycles. The van der Waals surface area contributed by atoms with Gasteiger partial charge in [0.25, 0.3) is 0 Å². The van der Waals surface area contributed by atoms with E-state index in [1.165, 1.54) is 0 Å². The van der Waals surface area contributed by atoms with E-state index < -0.39 is 0 Å². The zero-order valence-electron chi connectivity index (χ0n) is 12.5. The van der Waals surface area contributed by atoms with Crippen LogP contribution in [0.1, 0.15) is 37.6 Å². The fraction of sp³-hybridized carbons (Fsp3) is 0.643. The molecule has 1 rings (SSSR count). The van der Waals surface area contributed by atoms with Gasteiger partial charge in [-0.3, -0.25) is 0 Å². The smallest absolute Gasteiger partial charge is 0.169 e. The summed E-state index contributed by atoms with van der Waals surface area (Å²) in [6, 6.07) is 2.25. The van der Waals surface area contributed by atoms with Crippen LogP contribution >= 0.6 is 0 Å². The lowest BCUT2D eigenvalue weighted by Gasteiger charge is -2.32. The number of hydrogen-bond donors (Lipinski definition) is 1. The molecule has 19 heavy (non-hydrogen) atoms. The summed E-state index contributed by atoms with van der Waals surface area (Å²) in [5.74, 6) is 0.662. The molecule has 0 radical (unpaired) electrons. The fourth-order valence-electron chi connectivity index (χ4n) is 1.87. The number of nitrogens with two attached hydrogens (primary N) is 1. The van der Waals surface area contributed by atoms with Crippen molar-refractivity contribution >= 4 is 5.82 Å². The maximum absolute atomic E-state index is 9.35. The minimum Gasteiger partial charge on any atom is -0.354 e. The van der Waals surface area contributed by atoms with Crippen LogP contribution in [0.4, 0.5) is 5.82 Å². The molecule has 2 N–H and O–H groups in total. The van der Waals surface area contributed by atoms with Gasteiger partial charge in [0, 0.05) is 13.1 Å². The Balaban J connectivity index is 3.20. The van der Waals surface area contributed by atoms with Crippen molar-refractivity contribution in [1.82, 2.24) is 10.2 Å². The molecule has 0 fully saturated rings. The summed E-state index contributed by atoms with van der Waals surface area (Å²) >= 11 is 0. The Morgan fingerprint density at radius 2 is 1.95 bits per heavy atom. The Morgan fingerprint density at radius 1 is 1.32 bits per heavy atom. The van der Waals surface area contributed by atoms with Gasteiger partial charge in [-0.15, -0.1) is 5.10 Å². The minimum absolute atomic E-state index is 0.0246. The number of aryl methyl sites for hydroxylation is 1. The van der Waals surface area contributed by atoms with Crippen LogP contribution in [0.3, 0.4) is 0 Å². The van der Waals surface area contributed by atoms with Gasteiger partial charge in [-0.1, -0.05) is 13.8 Å². The summed E-state index contributed by atoms with van der Waals surface area (Å²) in [7, 11) is 0. The highest BCUT2D eigenvalue weighted by Gasteiger charge is 2.23. The van der Waals surface area contributed by atoms with Crippen molar-refractivity contribution in [3.63, 3.8) is 0 Å². The molecule has 0 spiro atoms. The largest absolute Gasteiger partial charge is 0.354 e. The first-order chi connectivity index (χ1) is 8.86. The molecule has 0 aliphatic carbocycles. The van der Waals surface area contributed by atoms with Crippen LogP contribution in [-0.2, 0) is 0 Å². The lowest BCUT2D eigenvalue weighted by Crippen LogP contribution is -2.39. The van der Waals surface area contributed by atoms with Crippen molar-refractivity contribution in [3.05, 3.63) is 16.8 Å². The van der Waals surface area contributed by atoms with E-state index in [9.17, 15) is 5.26 Å². The first-order valence-corrected chi connectivity index (χ1v) is 6.55. The normalized spacial score (nSPS) is 11.2. The lowest BCUT2D eigenvalue weighted by molar-refractivity contribution is 0.378. The predicted octanol–water partition coefficient (Wildman–Crippen LogP) is 1.78. The minimum atomic E-state index is -0.0246. The van der Waals surface area contributed by atoms with Gasteiger partial charge in [-0.25, -0.2) is 0 Å². The third-order valence-corrected chi connectivity index (χ3v) is 3.40. The lowest BCUT2D eigenvalue weighted by atomic mass is 9.93. The Hall–Kier alpha value is -1.67. The first kappa shape index (κ1) is 15.4. The topological polar surface area (TPSA) is 78.8 Å². The molecular weight excluding hydrogens is 238 g/mol. The average Bonchev–Trinajstić information content (AvgIpc) is 2.39. The molecule has 5 heteroatoms. The Bertz CT molecular complexity index is 487. The van der Waals surface area contributed by atoms with Gasteiger partial charge in [0.05, 0.1) is 5.69 Å². The summed E-state index contributed by atoms with van der Waals surface area (Å²) in [6.45, 7) is 12.2. The molecule has 1 heterocycles. The highest BCUT2D eigenvalue weighted by atomic mass is 15.3. The third kappa shape index (κ3) is 3.42. The van der Waals surface area contributed by atoms with Crippen LogP contribution in [0.15, 0.2) is 0 Å². The van der Waals surface area contributed by atoms with Crippen molar-refractivity contribution in [2.45, 2.75) is 34.6 Å². The van der Waals surface area contributed by atoms with Gasteiger partial charge in [-0.05, 0) is 38.3 Å². The van der Waals surface area contributed by atoms with Crippen molar-refractivity contribution in [2.75, 3.05) is 24.5 Å². The van der Waals surface area contributed by atoms with Crippen molar-refractivity contribution in [2.24, 2.45) is 11.1 Å². The maximum Gasteiger partial charge on any atom is 0.169 e. The highest BCUT2D eigenvalue weighted by molar-refractivity contribution is 5.57. The SMILES string of the molecule is CCN(CC(C)(C)CN)c1nnc(C)c(C)c1C#N. The average molecular weight is 261 g/mol. The summed E-state index contributed by atoms with van der Waals surface area (Å²) in [5.41, 5.74) is 8.07. The molecule has 1 aromatic rings. The number of nitriles is 1. The summed E-state index contributed by atoms with van der Waals surface area (Å²) in [6.07, 6.45) is 0. The molecule has 104 valence electrons. The molecule has 0 atom stereocenters. The fourth-order valence-corrected chi connectivity index (χ4v) is 1.87. The van der Waals surface area contributed by atoms with E-state index in [0.717, 1.165) is 24.3 Å². The zero-order valence-corrected chi connectivity index (χ0v) is 12.5. The molecule has 0 bridgehead atoms.